The number of carboxylic acid groups (broad SMARTS) is 1. The minimum atomic E-state index is -1.28. The van der Waals surface area contributed by atoms with E-state index in [9.17, 15) is 29.1 Å². The van der Waals surface area contributed by atoms with E-state index in [1.54, 1.807) is 27.7 Å². The van der Waals surface area contributed by atoms with E-state index in [-0.39, 0.29) is 40.6 Å². The average molecular weight is 654 g/mol. The fourth-order valence-electron chi connectivity index (χ4n) is 4.48. The number of carbonyl (C=O) groups is 5. The number of aromatic carboxylic acids is 1. The Labute approximate surface area is 274 Å². The molecule has 1 saturated carbocycles. The number of nitrogens with zero attached hydrogens (tertiary/aromatic N) is 1. The molecular formula is C34H43N3O10. The molecule has 0 radical (unpaired) electrons. The van der Waals surface area contributed by atoms with Crippen LogP contribution in [0, 0.1) is 11.8 Å². The number of methoxy groups -OCH3 is 1. The van der Waals surface area contributed by atoms with E-state index in [1.807, 2.05) is 6.92 Å². The predicted molar refractivity (Wildman–Crippen MR) is 172 cm³/mol. The number of carboxylic acids is 1. The number of alkyl carbamates (subject to hydrolysis) is 1. The number of ether oxygens (including phenoxy) is 4. The average Bonchev–Trinajstić information content (AvgIpc) is 3.86. The summed E-state index contributed by atoms with van der Waals surface area (Å²) in [6, 6.07) is 4.60. The standard InChI is InChI=1S/C34H43N3O10/c1-8-19(3)27(37-33(43)47-34(4,5)6)31(41)45-14-15-46-32(42)28-22(12-13-25(36-28)29(38)35-18-20-10-11-20)23-17-26(44-7)21(9-2)16-24(23)30(39)40/h9,12-13,16-17,19-20,27H,2,8,10-11,14-15,18H2,1,3-7H3,(H,35,38)(H,37,43)(H,39,40)/t19-,27+/m1/s1. The Bertz CT molecular complexity index is 1510. The molecule has 13 heteroatoms. The molecule has 0 saturated heterocycles. The topological polar surface area (TPSA) is 179 Å². The third-order valence-electron chi connectivity index (χ3n) is 7.38. The van der Waals surface area contributed by atoms with Gasteiger partial charge in [0.05, 0.1) is 12.7 Å². The SMILES string of the molecule is C=Cc1cc(C(=O)O)c(-c2ccc(C(=O)NCC3CC3)nc2C(=O)OCCOC(=O)[C@@H](NC(=O)OC(C)(C)C)[C@H](C)CC)cc1OC. The molecule has 0 aliphatic heterocycles. The summed E-state index contributed by atoms with van der Waals surface area (Å²) in [4.78, 5) is 68.0. The molecule has 2 amide bonds. The highest BCUT2D eigenvalue weighted by atomic mass is 16.6. The zero-order chi connectivity index (χ0) is 34.9. The van der Waals surface area contributed by atoms with Crippen LogP contribution in [0.3, 0.4) is 0 Å². The van der Waals surface area contributed by atoms with Crippen LogP contribution in [0.2, 0.25) is 0 Å². The molecule has 2 aromatic rings. The fourth-order valence-corrected chi connectivity index (χ4v) is 4.48. The first kappa shape index (κ1) is 36.5. The molecule has 1 aliphatic rings. The lowest BCUT2D eigenvalue weighted by Gasteiger charge is -2.25. The Morgan fingerprint density at radius 2 is 1.77 bits per heavy atom. The molecule has 1 aliphatic carbocycles. The number of pyridine rings is 1. The van der Waals surface area contributed by atoms with Gasteiger partial charge < -0.3 is 34.7 Å². The molecule has 1 fully saturated rings. The molecule has 13 nitrogen and oxygen atoms in total. The molecule has 2 atom stereocenters. The number of hydrogen-bond acceptors (Lipinski definition) is 10. The van der Waals surface area contributed by atoms with E-state index in [0.717, 1.165) is 12.8 Å². The van der Waals surface area contributed by atoms with Crippen LogP contribution in [-0.2, 0) is 19.0 Å². The third-order valence-corrected chi connectivity index (χ3v) is 7.38. The van der Waals surface area contributed by atoms with Gasteiger partial charge in [-0.3, -0.25) is 4.79 Å². The van der Waals surface area contributed by atoms with Crippen LogP contribution in [0.4, 0.5) is 4.79 Å². The zero-order valence-corrected chi connectivity index (χ0v) is 27.6. The highest BCUT2D eigenvalue weighted by Gasteiger charge is 2.30. The van der Waals surface area contributed by atoms with Crippen molar-refractivity contribution in [2.45, 2.75) is 65.5 Å². The van der Waals surface area contributed by atoms with Crippen molar-refractivity contribution in [3.8, 4) is 16.9 Å². The van der Waals surface area contributed by atoms with E-state index < -0.39 is 48.2 Å². The molecule has 1 aromatic carbocycles. The summed E-state index contributed by atoms with van der Waals surface area (Å²) in [6.07, 6.45) is 3.26. The van der Waals surface area contributed by atoms with Crippen LogP contribution in [-0.4, -0.2) is 78.5 Å². The monoisotopic (exact) mass is 653 g/mol. The van der Waals surface area contributed by atoms with Gasteiger partial charge in [-0.1, -0.05) is 32.9 Å². The Hall–Kier alpha value is -4.94. The summed E-state index contributed by atoms with van der Waals surface area (Å²) in [5, 5.41) is 15.3. The van der Waals surface area contributed by atoms with Gasteiger partial charge in [-0.05, 0) is 69.7 Å². The van der Waals surface area contributed by atoms with Crippen LogP contribution in [0.1, 0.15) is 90.8 Å². The van der Waals surface area contributed by atoms with Crippen LogP contribution in [0.15, 0.2) is 30.8 Å². The second-order valence-corrected chi connectivity index (χ2v) is 12.2. The smallest absolute Gasteiger partial charge is 0.408 e. The largest absolute Gasteiger partial charge is 0.496 e. The maximum atomic E-state index is 13.4. The Balaban J connectivity index is 1.84. The van der Waals surface area contributed by atoms with E-state index in [0.29, 0.717) is 30.2 Å². The molecule has 3 N–H and O–H groups in total. The molecule has 0 spiro atoms. The van der Waals surface area contributed by atoms with E-state index >= 15 is 0 Å². The number of nitrogens with one attached hydrogen (secondary N) is 2. The summed E-state index contributed by atoms with van der Waals surface area (Å²) in [5.41, 5.74) is -0.727. The lowest BCUT2D eigenvalue weighted by molar-refractivity contribution is -0.148. The van der Waals surface area contributed by atoms with Gasteiger partial charge in [0.25, 0.3) is 5.91 Å². The molecule has 254 valence electrons. The quantitative estimate of drug-likeness (QED) is 0.136. The van der Waals surface area contributed by atoms with Gasteiger partial charge in [-0.2, -0.15) is 0 Å². The first-order chi connectivity index (χ1) is 22.2. The Morgan fingerprint density at radius 1 is 1.09 bits per heavy atom. The van der Waals surface area contributed by atoms with Crippen LogP contribution in [0.5, 0.6) is 5.75 Å². The van der Waals surface area contributed by atoms with E-state index in [1.165, 1.54) is 37.5 Å². The highest BCUT2D eigenvalue weighted by molar-refractivity contribution is 6.03. The molecule has 1 heterocycles. The second kappa shape index (κ2) is 16.1. The number of esters is 2. The fraction of sp³-hybridized carbons (Fsp3) is 0.471. The molecule has 3 rings (SSSR count). The predicted octanol–water partition coefficient (Wildman–Crippen LogP) is 4.88. The van der Waals surface area contributed by atoms with Gasteiger partial charge in [-0.15, -0.1) is 0 Å². The lowest BCUT2D eigenvalue weighted by Crippen LogP contribution is -2.47. The summed E-state index contributed by atoms with van der Waals surface area (Å²) >= 11 is 0. The van der Waals surface area contributed by atoms with Gasteiger partial charge in [0.2, 0.25) is 0 Å². The van der Waals surface area contributed by atoms with Crippen molar-refractivity contribution in [3.63, 3.8) is 0 Å². The van der Waals surface area contributed by atoms with Crippen molar-refractivity contribution in [3.05, 3.63) is 53.4 Å². The minimum absolute atomic E-state index is 0.0658. The Kier molecular flexibility index (Phi) is 12.5. The maximum absolute atomic E-state index is 13.4. The van der Waals surface area contributed by atoms with E-state index in [2.05, 4.69) is 22.2 Å². The second-order valence-electron chi connectivity index (χ2n) is 12.2. The first-order valence-electron chi connectivity index (χ1n) is 15.4. The summed E-state index contributed by atoms with van der Waals surface area (Å²) in [6.45, 7) is 12.1. The number of amides is 2. The minimum Gasteiger partial charge on any atom is -0.496 e. The molecule has 0 unspecified atom stereocenters. The van der Waals surface area contributed by atoms with Gasteiger partial charge in [-0.25, -0.2) is 24.2 Å². The number of aromatic nitrogens is 1. The van der Waals surface area contributed by atoms with Crippen molar-refractivity contribution in [1.29, 1.82) is 0 Å². The summed E-state index contributed by atoms with van der Waals surface area (Å²) < 4.78 is 21.4. The lowest BCUT2D eigenvalue weighted by atomic mass is 9.95. The molecular weight excluding hydrogens is 610 g/mol. The van der Waals surface area contributed by atoms with Crippen LogP contribution in [0.25, 0.3) is 17.2 Å². The van der Waals surface area contributed by atoms with E-state index in [4.69, 9.17) is 18.9 Å². The molecule has 47 heavy (non-hydrogen) atoms. The summed E-state index contributed by atoms with van der Waals surface area (Å²) in [5.74, 6) is -3.09. The molecule has 0 bridgehead atoms. The third kappa shape index (κ3) is 10.3. The number of carbonyl (C=O) groups excluding carboxylic acids is 4. The van der Waals surface area contributed by atoms with Crippen molar-refractivity contribution in [1.82, 2.24) is 15.6 Å². The van der Waals surface area contributed by atoms with Crippen molar-refractivity contribution in [2.75, 3.05) is 26.9 Å². The molecule has 1 aromatic heterocycles. The number of rotatable bonds is 15. The number of hydrogen-bond donors (Lipinski definition) is 3. The van der Waals surface area contributed by atoms with Gasteiger partial charge in [0.15, 0.2) is 5.69 Å². The van der Waals surface area contributed by atoms with Crippen molar-refractivity contribution in [2.24, 2.45) is 11.8 Å². The zero-order valence-electron chi connectivity index (χ0n) is 27.6. The van der Waals surface area contributed by atoms with Gasteiger partial charge >= 0.3 is 24.0 Å². The van der Waals surface area contributed by atoms with Crippen molar-refractivity contribution >= 4 is 36.0 Å². The van der Waals surface area contributed by atoms with Gasteiger partial charge in [0.1, 0.15) is 36.3 Å². The normalized spacial score (nSPS) is 13.8. The van der Waals surface area contributed by atoms with Crippen molar-refractivity contribution < 1.29 is 48.0 Å². The van der Waals surface area contributed by atoms with Crippen LogP contribution >= 0.6 is 0 Å². The first-order valence-corrected chi connectivity index (χ1v) is 15.4. The highest BCUT2D eigenvalue weighted by Crippen LogP contribution is 2.34. The maximum Gasteiger partial charge on any atom is 0.408 e. The van der Waals surface area contributed by atoms with Crippen LogP contribution < -0.4 is 15.4 Å². The number of benzene rings is 1. The Morgan fingerprint density at radius 3 is 2.34 bits per heavy atom. The van der Waals surface area contributed by atoms with Gasteiger partial charge in [0, 0.05) is 23.2 Å². The summed E-state index contributed by atoms with van der Waals surface area (Å²) in [7, 11) is 1.41.